The molecule has 83 heavy (non-hydrogen) atoms. The average molecular weight is 1190 g/mol. The van der Waals surface area contributed by atoms with Crippen LogP contribution in [0.5, 0.6) is 0 Å². The van der Waals surface area contributed by atoms with E-state index in [1.165, 1.54) is 14.7 Å². The van der Waals surface area contributed by atoms with Crippen molar-refractivity contribution in [1.29, 1.82) is 0 Å². The Balaban J connectivity index is 1.51. The van der Waals surface area contributed by atoms with Gasteiger partial charge < -0.3 is 74.8 Å². The van der Waals surface area contributed by atoms with Crippen LogP contribution in [0.3, 0.4) is 0 Å². The van der Waals surface area contributed by atoms with Crippen molar-refractivity contribution >= 4 is 82.8 Å². The van der Waals surface area contributed by atoms with Gasteiger partial charge in [-0.2, -0.15) is 0 Å². The lowest BCUT2D eigenvalue weighted by Gasteiger charge is -2.30. The number of rotatable bonds is 36. The third kappa shape index (κ3) is 22.0. The Labute approximate surface area is 489 Å². The van der Waals surface area contributed by atoms with Gasteiger partial charge in [0.2, 0.25) is 59.1 Å². The summed E-state index contributed by atoms with van der Waals surface area (Å²) < 4.78 is 0. The Bertz CT molecular complexity index is 2420. The highest BCUT2D eigenvalue weighted by Gasteiger charge is 2.43. The normalized spacial score (nSPS) is 19.0. The van der Waals surface area contributed by atoms with E-state index < -0.39 is 126 Å². The molecule has 3 fully saturated rings. The average Bonchev–Trinajstić information content (AvgIpc) is 4.28. The van der Waals surface area contributed by atoms with E-state index in [-0.39, 0.29) is 101 Å². The van der Waals surface area contributed by atoms with E-state index in [0.29, 0.717) is 44.2 Å². The van der Waals surface area contributed by atoms with Gasteiger partial charge in [0, 0.05) is 44.8 Å². The largest absolute Gasteiger partial charge is 0.480 e. The maximum atomic E-state index is 14.8. The summed E-state index contributed by atoms with van der Waals surface area (Å²) >= 11 is 1.00. The second-order valence-electron chi connectivity index (χ2n) is 21.6. The molecule has 3 aliphatic rings. The first-order valence-corrected chi connectivity index (χ1v) is 29.9. The lowest BCUT2D eigenvalue weighted by molar-refractivity contribution is -0.145. The molecule has 0 bridgehead atoms. The number of nitrogens with zero attached hydrogens (tertiary/aromatic N) is 4. The van der Waals surface area contributed by atoms with Gasteiger partial charge in [-0.3, -0.25) is 57.8 Å². The number of carboxylic acid groups (broad SMARTS) is 1. The minimum absolute atomic E-state index is 0.0150. The third-order valence-corrected chi connectivity index (χ3v) is 15.9. The Morgan fingerprint density at radius 2 is 1.36 bits per heavy atom. The molecule has 1 aromatic carbocycles. The maximum Gasteiger partial charge on any atom is 0.326 e. The molecular weight excluding hydrogens is 1100 g/mol. The van der Waals surface area contributed by atoms with Gasteiger partial charge in [0.05, 0.1) is 24.4 Å². The van der Waals surface area contributed by atoms with Crippen molar-refractivity contribution in [1.82, 2.24) is 46.6 Å². The van der Waals surface area contributed by atoms with Crippen LogP contribution in [0, 0.1) is 5.92 Å². The van der Waals surface area contributed by atoms with Crippen LogP contribution < -0.4 is 54.8 Å². The summed E-state index contributed by atoms with van der Waals surface area (Å²) in [4.78, 5) is 158. The van der Waals surface area contributed by atoms with Crippen molar-refractivity contribution in [2.24, 2.45) is 33.8 Å². The smallest absolute Gasteiger partial charge is 0.326 e. The predicted octanol–water partition coefficient (Wildman–Crippen LogP) is -2.17. The Morgan fingerprint density at radius 3 is 1.98 bits per heavy atom. The van der Waals surface area contributed by atoms with Crippen LogP contribution in [0.4, 0.5) is 0 Å². The molecule has 0 aliphatic carbocycles. The fraction of sp³-hybridized carbons (Fsp3) is 0.673. The van der Waals surface area contributed by atoms with Crippen molar-refractivity contribution in [2.75, 3.05) is 51.6 Å². The van der Waals surface area contributed by atoms with E-state index in [4.69, 9.17) is 22.9 Å². The number of aliphatic hydroxyl groups is 1. The lowest BCUT2D eigenvalue weighted by Crippen LogP contribution is -2.59. The number of nitrogens with one attached hydrogen (secondary N) is 6. The zero-order valence-corrected chi connectivity index (χ0v) is 48.8. The van der Waals surface area contributed by atoms with Crippen LogP contribution in [0.2, 0.25) is 0 Å². The molecule has 1 unspecified atom stereocenters. The molecule has 0 saturated carbocycles. The number of guanidine groups is 1. The van der Waals surface area contributed by atoms with Gasteiger partial charge in [-0.25, -0.2) is 4.79 Å². The summed E-state index contributed by atoms with van der Waals surface area (Å²) in [5.41, 5.74) is 23.4. The molecule has 1 aromatic rings. The first-order valence-electron chi connectivity index (χ1n) is 28.8. The van der Waals surface area contributed by atoms with Crippen molar-refractivity contribution in [3.63, 3.8) is 0 Å². The molecule has 3 aliphatic heterocycles. The molecule has 3 heterocycles. The summed E-state index contributed by atoms with van der Waals surface area (Å²) in [7, 11) is 0. The third-order valence-electron chi connectivity index (χ3n) is 14.6. The number of unbranched alkanes of at least 4 members (excludes halogenated alkanes) is 4. The Hall–Kier alpha value is -6.91. The minimum atomic E-state index is -1.57. The number of imide groups is 1. The first kappa shape index (κ1) is 68.6. The summed E-state index contributed by atoms with van der Waals surface area (Å²) in [6.45, 7) is 4.96. The quantitative estimate of drug-likeness (QED) is 0.0147. The summed E-state index contributed by atoms with van der Waals surface area (Å²) in [6, 6.07) is -1.45. The van der Waals surface area contributed by atoms with Crippen molar-refractivity contribution in [2.45, 2.75) is 177 Å². The van der Waals surface area contributed by atoms with Gasteiger partial charge >= 0.3 is 5.97 Å². The maximum absolute atomic E-state index is 14.8. The highest BCUT2D eigenvalue weighted by molar-refractivity contribution is 8.00. The SMILES string of the molecule is CCCCCCN1C(=O)CC(SC[C@H](NC(=O)[C@H](CCCN=C(N)N)NC(=O)[C@@H](N)CCCCN)C(=O)N2CCC[C@H]2C(=O)NCC(=O)N[C@@H](Cc2ccccc2)C(=O)N[C@@H](CO)C(=O)N2CCC[C@H]2C(=O)N[C@@H](CC(C)C)C(=O)O)C1=O. The zero-order valence-electron chi connectivity index (χ0n) is 48.0. The molecule has 4 rings (SSSR count). The topological polar surface area (TPSA) is 427 Å². The van der Waals surface area contributed by atoms with Crippen LogP contribution in [0.25, 0.3) is 0 Å². The van der Waals surface area contributed by atoms with Crippen molar-refractivity contribution in [3.05, 3.63) is 35.9 Å². The molecule has 16 N–H and O–H groups in total. The number of hydrogen-bond donors (Lipinski definition) is 12. The minimum Gasteiger partial charge on any atom is -0.480 e. The molecule has 0 radical (unpaired) electrons. The number of carboxylic acids is 1. The molecule has 10 amide bonds. The predicted molar refractivity (Wildman–Crippen MR) is 309 cm³/mol. The number of hydrogen-bond acceptors (Lipinski definition) is 16. The zero-order chi connectivity index (χ0) is 61.2. The number of benzene rings is 1. The summed E-state index contributed by atoms with van der Waals surface area (Å²) in [6.07, 6.45) is 6.06. The Kier molecular flexibility index (Phi) is 29.2. The molecule has 27 nitrogen and oxygen atoms in total. The van der Waals surface area contributed by atoms with Crippen LogP contribution in [0.15, 0.2) is 35.3 Å². The molecule has 0 spiro atoms. The van der Waals surface area contributed by atoms with Crippen LogP contribution in [0.1, 0.15) is 123 Å². The second kappa shape index (κ2) is 35.3. The van der Waals surface area contributed by atoms with E-state index in [2.05, 4.69) is 36.9 Å². The number of aliphatic carboxylic acids is 1. The number of aliphatic hydroxyl groups excluding tert-OH is 1. The van der Waals surface area contributed by atoms with Crippen molar-refractivity contribution in [3.8, 4) is 0 Å². The fourth-order valence-corrected chi connectivity index (χ4v) is 11.3. The van der Waals surface area contributed by atoms with Gasteiger partial charge in [-0.05, 0) is 82.2 Å². The van der Waals surface area contributed by atoms with Gasteiger partial charge in [0.25, 0.3) is 0 Å². The number of likely N-dealkylation sites (tertiary alicyclic amines) is 3. The molecule has 28 heteroatoms. The number of carbonyl (C=O) groups is 11. The van der Waals surface area contributed by atoms with Gasteiger partial charge in [0.1, 0.15) is 42.3 Å². The molecular formula is C55H88N14O13S. The molecule has 462 valence electrons. The van der Waals surface area contributed by atoms with E-state index in [1.807, 2.05) is 6.92 Å². The second-order valence-corrected chi connectivity index (χ2v) is 22.8. The molecule has 0 aromatic heterocycles. The highest BCUT2D eigenvalue weighted by Crippen LogP contribution is 2.28. The van der Waals surface area contributed by atoms with E-state index in [0.717, 1.165) is 31.0 Å². The monoisotopic (exact) mass is 1180 g/mol. The van der Waals surface area contributed by atoms with Crippen molar-refractivity contribution < 1.29 is 63.0 Å². The van der Waals surface area contributed by atoms with Crippen LogP contribution in [-0.2, 0) is 59.2 Å². The summed E-state index contributed by atoms with van der Waals surface area (Å²) in [5.74, 6) is -8.55. The number of thioether (sulfide) groups is 1. The first-order chi connectivity index (χ1) is 39.6. The lowest BCUT2D eigenvalue weighted by atomic mass is 10.0. The Morgan fingerprint density at radius 1 is 0.735 bits per heavy atom. The van der Waals surface area contributed by atoms with Gasteiger partial charge in [-0.15, -0.1) is 11.8 Å². The van der Waals surface area contributed by atoms with E-state index >= 15 is 0 Å². The number of nitrogens with two attached hydrogens (primary N) is 4. The highest BCUT2D eigenvalue weighted by atomic mass is 32.2. The molecule has 3 saturated heterocycles. The standard InChI is InChI=1S/C55H88N14O13S/c1-4-5-6-12-24-69-45(72)29-43(53(69)80)83-32-40(66-47(74)36(19-13-23-60-55(58)59)63-46(73)35(57)18-10-11-22-56)52(79)67-25-14-20-41(67)49(76)61-30-44(71)62-37(28-34-16-8-7-9-17-34)48(75)65-39(31-70)51(78)68-26-15-21-42(68)50(77)64-38(54(81)82)27-33(2)3/h7-9,16-17,33,35-43,70H,4-6,10-15,18-32,56-57H2,1-3H3,(H,61,76)(H,62,71)(H,63,73)(H,64,77)(H,65,75)(H,66,74)(H,81,82)(H4,58,59,60)/t35-,36-,37-,38-,39-,40-,41-,42-,43?/m0/s1. The van der Waals surface area contributed by atoms with Crippen LogP contribution >= 0.6 is 11.8 Å². The van der Waals surface area contributed by atoms with E-state index in [1.54, 1.807) is 44.2 Å². The van der Waals surface area contributed by atoms with E-state index in [9.17, 15) is 63.0 Å². The van der Waals surface area contributed by atoms with Crippen LogP contribution in [-0.4, -0.2) is 201 Å². The number of carbonyl (C=O) groups excluding carboxylic acids is 10. The molecule has 9 atom stereocenters. The van der Waals surface area contributed by atoms with Gasteiger partial charge in [0.15, 0.2) is 5.96 Å². The number of amides is 10. The fourth-order valence-electron chi connectivity index (χ4n) is 10.1. The summed E-state index contributed by atoms with van der Waals surface area (Å²) in [5, 5.41) is 34.8. The number of aliphatic imine (C=N–C) groups is 1. The van der Waals surface area contributed by atoms with Gasteiger partial charge in [-0.1, -0.05) is 76.8 Å².